The standard InChI is InChI=1S/C20H19Br2ClN2O5/c1-8(20(29)30-7-13(26)24-10-4-2-9(23)3-5-10)25-18(27)14-11-6-12(15(14)19(25)28)17(22)16(11)21/h2-5,8,11-12,14-17H,6-7H2,1H3,(H,24,26)/t8-,11-,12-,14-,15+,16-,17+/m1/s1. The van der Waals surface area contributed by atoms with Crippen molar-refractivity contribution in [1.82, 2.24) is 4.90 Å². The van der Waals surface area contributed by atoms with E-state index < -0.39 is 36.4 Å². The second-order valence-electron chi connectivity index (χ2n) is 7.89. The van der Waals surface area contributed by atoms with Crippen LogP contribution in [0.4, 0.5) is 5.69 Å². The number of carbonyl (C=O) groups excluding carboxylic acids is 4. The molecule has 30 heavy (non-hydrogen) atoms. The number of anilines is 1. The van der Waals surface area contributed by atoms with Crippen molar-refractivity contribution in [2.24, 2.45) is 23.7 Å². The molecule has 1 heterocycles. The Bertz CT molecular complexity index is 879. The van der Waals surface area contributed by atoms with Crippen LogP contribution in [0.5, 0.6) is 0 Å². The summed E-state index contributed by atoms with van der Waals surface area (Å²) in [5.74, 6) is -2.63. The molecule has 1 aromatic rings. The average Bonchev–Trinajstić information content (AvgIpc) is 3.32. The van der Waals surface area contributed by atoms with E-state index in [1.807, 2.05) is 0 Å². The van der Waals surface area contributed by atoms with Crippen LogP contribution in [0.1, 0.15) is 13.3 Å². The third kappa shape index (κ3) is 3.58. The molecule has 3 aliphatic rings. The number of imide groups is 1. The zero-order valence-electron chi connectivity index (χ0n) is 15.9. The van der Waals surface area contributed by atoms with Gasteiger partial charge in [-0.1, -0.05) is 43.5 Å². The lowest BCUT2D eigenvalue weighted by Crippen LogP contribution is -2.45. The van der Waals surface area contributed by atoms with Gasteiger partial charge in [0.2, 0.25) is 11.8 Å². The van der Waals surface area contributed by atoms with Crippen molar-refractivity contribution in [3.05, 3.63) is 29.3 Å². The van der Waals surface area contributed by atoms with Crippen molar-refractivity contribution in [2.45, 2.75) is 29.0 Å². The number of esters is 1. The van der Waals surface area contributed by atoms with Crippen molar-refractivity contribution in [3.8, 4) is 0 Å². The molecule has 0 unspecified atom stereocenters. The number of hydrogen-bond acceptors (Lipinski definition) is 5. The maximum atomic E-state index is 13.0. The number of benzene rings is 1. The average molecular weight is 563 g/mol. The van der Waals surface area contributed by atoms with Crippen LogP contribution in [0.15, 0.2) is 24.3 Å². The van der Waals surface area contributed by atoms with Crippen LogP contribution in [0.3, 0.4) is 0 Å². The number of carbonyl (C=O) groups is 4. The molecule has 7 atom stereocenters. The molecule has 7 nitrogen and oxygen atoms in total. The van der Waals surface area contributed by atoms with Crippen LogP contribution in [0.25, 0.3) is 0 Å². The van der Waals surface area contributed by atoms with Gasteiger partial charge in [-0.05, 0) is 49.4 Å². The van der Waals surface area contributed by atoms with E-state index in [-0.39, 0.29) is 33.3 Å². The van der Waals surface area contributed by atoms with Gasteiger partial charge in [-0.2, -0.15) is 0 Å². The molecule has 1 aliphatic heterocycles. The first-order chi connectivity index (χ1) is 14.2. The topological polar surface area (TPSA) is 92.8 Å². The maximum absolute atomic E-state index is 13.0. The normalized spacial score (nSPS) is 32.9. The third-order valence-corrected chi connectivity index (χ3v) is 9.68. The second kappa shape index (κ2) is 8.24. The zero-order valence-corrected chi connectivity index (χ0v) is 19.8. The molecule has 1 N–H and O–H groups in total. The van der Waals surface area contributed by atoms with Crippen LogP contribution in [-0.2, 0) is 23.9 Å². The smallest absolute Gasteiger partial charge is 0.329 e. The SMILES string of the molecule is C[C@H](C(=O)OCC(=O)Nc1ccc(Cl)cc1)N1C(=O)[C@@H]2[C@H]3C[C@@H]([C@H](Br)[C@@H]3Br)[C@@H]2C1=O. The highest BCUT2D eigenvalue weighted by Gasteiger charge is 2.67. The Kier molecular flexibility index (Phi) is 5.98. The Labute approximate surface area is 195 Å². The van der Waals surface area contributed by atoms with E-state index >= 15 is 0 Å². The van der Waals surface area contributed by atoms with E-state index in [0.29, 0.717) is 10.7 Å². The number of nitrogens with one attached hydrogen (secondary N) is 1. The van der Waals surface area contributed by atoms with Gasteiger partial charge in [0, 0.05) is 20.4 Å². The van der Waals surface area contributed by atoms with Crippen LogP contribution in [0.2, 0.25) is 5.02 Å². The summed E-state index contributed by atoms with van der Waals surface area (Å²) >= 11 is 13.1. The molecular weight excluding hydrogens is 543 g/mol. The largest absolute Gasteiger partial charge is 0.454 e. The summed E-state index contributed by atoms with van der Waals surface area (Å²) in [6, 6.07) is 5.39. The number of ether oxygens (including phenoxy) is 1. The minimum Gasteiger partial charge on any atom is -0.454 e. The summed E-state index contributed by atoms with van der Waals surface area (Å²) in [5.41, 5.74) is 0.510. The van der Waals surface area contributed by atoms with Crippen LogP contribution in [-0.4, -0.2) is 50.9 Å². The Morgan fingerprint density at radius 1 is 1.13 bits per heavy atom. The molecule has 3 fully saturated rings. The monoisotopic (exact) mass is 560 g/mol. The van der Waals surface area contributed by atoms with Gasteiger partial charge in [0.05, 0.1) is 11.8 Å². The zero-order chi connectivity index (χ0) is 21.7. The van der Waals surface area contributed by atoms with E-state index in [2.05, 4.69) is 37.2 Å². The number of halogens is 3. The van der Waals surface area contributed by atoms with E-state index in [1.54, 1.807) is 24.3 Å². The van der Waals surface area contributed by atoms with Crippen molar-refractivity contribution >= 4 is 72.8 Å². The lowest BCUT2D eigenvalue weighted by Gasteiger charge is -2.28. The molecule has 10 heteroatoms. The quantitative estimate of drug-likeness (QED) is 0.339. The molecule has 4 rings (SSSR count). The number of alkyl halides is 2. The molecule has 0 spiro atoms. The summed E-state index contributed by atoms with van der Waals surface area (Å²) < 4.78 is 5.06. The van der Waals surface area contributed by atoms with Crippen molar-refractivity contribution in [2.75, 3.05) is 11.9 Å². The Hall–Kier alpha value is -1.45. The summed E-state index contributed by atoms with van der Waals surface area (Å²) in [7, 11) is 0. The molecule has 160 valence electrons. The molecule has 2 aliphatic carbocycles. The molecule has 2 bridgehead atoms. The number of hydrogen-bond donors (Lipinski definition) is 1. The second-order valence-corrected chi connectivity index (χ2v) is 10.4. The van der Waals surface area contributed by atoms with E-state index in [9.17, 15) is 19.2 Å². The van der Waals surface area contributed by atoms with E-state index in [4.69, 9.17) is 16.3 Å². The molecule has 1 saturated heterocycles. The molecule has 1 aromatic carbocycles. The van der Waals surface area contributed by atoms with Crippen LogP contribution >= 0.6 is 43.5 Å². The summed E-state index contributed by atoms with van der Waals surface area (Å²) in [4.78, 5) is 51.7. The lowest BCUT2D eigenvalue weighted by atomic mass is 9.81. The minimum absolute atomic E-state index is 0.0687. The number of rotatable bonds is 5. The fraction of sp³-hybridized carbons (Fsp3) is 0.500. The summed E-state index contributed by atoms with van der Waals surface area (Å²) in [5, 5.41) is 3.11. The van der Waals surface area contributed by atoms with Crippen LogP contribution < -0.4 is 5.32 Å². The predicted molar refractivity (Wildman–Crippen MR) is 116 cm³/mol. The van der Waals surface area contributed by atoms with Gasteiger partial charge >= 0.3 is 5.97 Å². The molecule has 0 aromatic heterocycles. The minimum atomic E-state index is -1.08. The highest BCUT2D eigenvalue weighted by molar-refractivity contribution is 9.12. The Morgan fingerprint density at radius 3 is 2.20 bits per heavy atom. The van der Waals surface area contributed by atoms with E-state index in [1.165, 1.54) is 6.92 Å². The summed E-state index contributed by atoms with van der Waals surface area (Å²) in [6.45, 7) is 0.933. The highest BCUT2D eigenvalue weighted by atomic mass is 79.9. The van der Waals surface area contributed by atoms with Gasteiger partial charge in [-0.3, -0.25) is 19.3 Å². The number of likely N-dealkylation sites (tertiary alicyclic amines) is 1. The maximum Gasteiger partial charge on any atom is 0.329 e. The first kappa shape index (κ1) is 21.8. The van der Waals surface area contributed by atoms with Crippen LogP contribution in [0, 0.1) is 23.7 Å². The molecule has 3 amide bonds. The van der Waals surface area contributed by atoms with Gasteiger partial charge in [0.15, 0.2) is 6.61 Å². The predicted octanol–water partition coefficient (Wildman–Crippen LogP) is 2.99. The number of fused-ring (bicyclic) bond motifs is 5. The fourth-order valence-corrected chi connectivity index (χ4v) is 6.85. The number of nitrogens with zero attached hydrogens (tertiary/aromatic N) is 1. The van der Waals surface area contributed by atoms with Gasteiger partial charge in [-0.15, -0.1) is 0 Å². The van der Waals surface area contributed by atoms with Crippen molar-refractivity contribution in [3.63, 3.8) is 0 Å². The van der Waals surface area contributed by atoms with Gasteiger partial charge in [-0.25, -0.2) is 4.79 Å². The number of amides is 3. The van der Waals surface area contributed by atoms with Crippen molar-refractivity contribution < 1.29 is 23.9 Å². The lowest BCUT2D eigenvalue weighted by molar-refractivity contribution is -0.159. The van der Waals surface area contributed by atoms with Gasteiger partial charge in [0.1, 0.15) is 6.04 Å². The third-order valence-electron chi connectivity index (χ3n) is 6.22. The van der Waals surface area contributed by atoms with Gasteiger partial charge in [0.25, 0.3) is 5.91 Å². The van der Waals surface area contributed by atoms with E-state index in [0.717, 1.165) is 11.3 Å². The molecule has 0 radical (unpaired) electrons. The highest BCUT2D eigenvalue weighted by Crippen LogP contribution is 2.60. The van der Waals surface area contributed by atoms with Crippen molar-refractivity contribution in [1.29, 1.82) is 0 Å². The Balaban J connectivity index is 1.36. The summed E-state index contributed by atoms with van der Waals surface area (Å²) in [6.07, 6.45) is 0.816. The van der Waals surface area contributed by atoms with Gasteiger partial charge < -0.3 is 10.1 Å². The first-order valence-electron chi connectivity index (χ1n) is 9.57. The molecule has 2 saturated carbocycles. The molecular formula is C20H19Br2ClN2O5. The Morgan fingerprint density at radius 2 is 1.67 bits per heavy atom. The fourth-order valence-electron chi connectivity index (χ4n) is 4.85. The first-order valence-corrected chi connectivity index (χ1v) is 11.8.